The number of nitrogens with zero attached hydrogens (tertiary/aromatic N) is 1. The largest absolute Gasteiger partial charge is 0.349 e. The Kier molecular flexibility index (Phi) is 2.45. The second-order valence-electron chi connectivity index (χ2n) is 5.48. The van der Waals surface area contributed by atoms with Crippen LogP contribution in [0.2, 0.25) is 0 Å². The van der Waals surface area contributed by atoms with E-state index in [0.29, 0.717) is 6.04 Å². The minimum atomic E-state index is 0.0533. The minimum absolute atomic E-state index is 0.0533. The van der Waals surface area contributed by atoms with Gasteiger partial charge in [-0.3, -0.25) is 9.89 Å². The number of aryl methyl sites for hydroxylation is 2. The molecule has 4 heteroatoms. The number of hydrogen-bond donors (Lipinski definition) is 2. The van der Waals surface area contributed by atoms with Crippen LogP contribution in [0.4, 0.5) is 0 Å². The zero-order chi connectivity index (χ0) is 12.0. The van der Waals surface area contributed by atoms with E-state index in [4.69, 9.17) is 0 Å². The Balaban J connectivity index is 1.73. The van der Waals surface area contributed by atoms with E-state index in [1.54, 1.807) is 0 Å². The van der Waals surface area contributed by atoms with Gasteiger partial charge in [0.05, 0.1) is 11.3 Å². The van der Waals surface area contributed by atoms with Crippen LogP contribution in [0.15, 0.2) is 0 Å². The van der Waals surface area contributed by atoms with Gasteiger partial charge in [0.2, 0.25) is 0 Å². The number of aromatic nitrogens is 2. The fourth-order valence-corrected chi connectivity index (χ4v) is 2.64. The van der Waals surface area contributed by atoms with Gasteiger partial charge in [0.15, 0.2) is 0 Å². The minimum Gasteiger partial charge on any atom is -0.349 e. The molecule has 0 radical (unpaired) electrons. The Hall–Kier alpha value is -1.32. The molecule has 2 fully saturated rings. The summed E-state index contributed by atoms with van der Waals surface area (Å²) in [6.07, 6.45) is 5.13. The van der Waals surface area contributed by atoms with Crippen LogP contribution in [-0.4, -0.2) is 22.1 Å². The molecule has 0 aromatic carbocycles. The van der Waals surface area contributed by atoms with Crippen LogP contribution >= 0.6 is 0 Å². The molecule has 1 aromatic heterocycles. The quantitative estimate of drug-likeness (QED) is 0.835. The first-order chi connectivity index (χ1) is 8.16. The summed E-state index contributed by atoms with van der Waals surface area (Å²) in [6.45, 7) is 3.78. The fraction of sp³-hybridized carbons (Fsp3) is 0.692. The predicted molar refractivity (Wildman–Crippen MR) is 64.8 cm³/mol. The summed E-state index contributed by atoms with van der Waals surface area (Å²) in [5.74, 6) is 1.52. The van der Waals surface area contributed by atoms with Gasteiger partial charge in [0.1, 0.15) is 0 Å². The summed E-state index contributed by atoms with van der Waals surface area (Å²) in [7, 11) is 0. The van der Waals surface area contributed by atoms with E-state index < -0.39 is 0 Å². The highest BCUT2D eigenvalue weighted by Gasteiger charge is 2.42. The van der Waals surface area contributed by atoms with E-state index in [0.717, 1.165) is 28.8 Å². The van der Waals surface area contributed by atoms with E-state index in [1.807, 2.05) is 13.8 Å². The molecule has 0 saturated heterocycles. The average molecular weight is 233 g/mol. The number of amides is 1. The van der Waals surface area contributed by atoms with Gasteiger partial charge in [0, 0.05) is 11.7 Å². The summed E-state index contributed by atoms with van der Waals surface area (Å²) < 4.78 is 0. The van der Waals surface area contributed by atoms with E-state index in [-0.39, 0.29) is 5.91 Å². The van der Waals surface area contributed by atoms with Crippen LogP contribution in [0, 0.1) is 25.7 Å². The molecule has 92 valence electrons. The van der Waals surface area contributed by atoms with Gasteiger partial charge >= 0.3 is 0 Å². The normalized spacial score (nSPS) is 19.7. The van der Waals surface area contributed by atoms with Gasteiger partial charge in [-0.25, -0.2) is 0 Å². The SMILES string of the molecule is Cc1n[nH]c(C)c1C(=O)NC(C1CC1)C1CC1. The summed E-state index contributed by atoms with van der Waals surface area (Å²) in [5, 5.41) is 10.2. The van der Waals surface area contributed by atoms with Crippen LogP contribution < -0.4 is 5.32 Å². The van der Waals surface area contributed by atoms with Crippen LogP contribution in [0.5, 0.6) is 0 Å². The van der Waals surface area contributed by atoms with E-state index >= 15 is 0 Å². The number of H-pyrrole nitrogens is 1. The van der Waals surface area contributed by atoms with E-state index in [2.05, 4.69) is 15.5 Å². The number of nitrogens with one attached hydrogen (secondary N) is 2. The molecule has 2 saturated carbocycles. The van der Waals surface area contributed by atoms with Crippen LogP contribution in [0.3, 0.4) is 0 Å². The summed E-state index contributed by atoms with van der Waals surface area (Å²) in [4.78, 5) is 12.3. The molecule has 1 amide bonds. The number of hydrogen-bond acceptors (Lipinski definition) is 2. The van der Waals surface area contributed by atoms with Crippen LogP contribution in [0.1, 0.15) is 47.4 Å². The second kappa shape index (κ2) is 3.86. The van der Waals surface area contributed by atoms with Gasteiger partial charge in [-0.15, -0.1) is 0 Å². The fourth-order valence-electron chi connectivity index (χ4n) is 2.64. The maximum absolute atomic E-state index is 12.3. The predicted octanol–water partition coefficient (Wildman–Crippen LogP) is 1.94. The average Bonchev–Trinajstić information content (AvgIpc) is 3.15. The molecule has 2 aliphatic rings. The molecule has 1 heterocycles. The van der Waals surface area contributed by atoms with Crippen molar-refractivity contribution in [2.24, 2.45) is 11.8 Å². The van der Waals surface area contributed by atoms with Crippen molar-refractivity contribution in [3.05, 3.63) is 17.0 Å². The molecular weight excluding hydrogens is 214 g/mol. The van der Waals surface area contributed by atoms with Gasteiger partial charge in [0.25, 0.3) is 5.91 Å². The number of carbonyl (C=O) groups excluding carboxylic acids is 1. The van der Waals surface area contributed by atoms with Crippen molar-refractivity contribution in [2.75, 3.05) is 0 Å². The Morgan fingerprint density at radius 3 is 2.29 bits per heavy atom. The zero-order valence-electron chi connectivity index (χ0n) is 10.4. The van der Waals surface area contributed by atoms with Crippen molar-refractivity contribution in [3.8, 4) is 0 Å². The molecule has 0 unspecified atom stereocenters. The first kappa shape index (κ1) is 10.8. The highest BCUT2D eigenvalue weighted by Crippen LogP contribution is 2.44. The van der Waals surface area contributed by atoms with Crippen molar-refractivity contribution in [1.82, 2.24) is 15.5 Å². The molecule has 2 N–H and O–H groups in total. The third kappa shape index (κ3) is 2.08. The van der Waals surface area contributed by atoms with Gasteiger partial charge < -0.3 is 5.32 Å². The molecule has 17 heavy (non-hydrogen) atoms. The molecule has 1 aromatic rings. The summed E-state index contributed by atoms with van der Waals surface area (Å²) >= 11 is 0. The van der Waals surface area contributed by atoms with Gasteiger partial charge in [-0.1, -0.05) is 0 Å². The number of rotatable bonds is 4. The summed E-state index contributed by atoms with van der Waals surface area (Å²) in [6, 6.07) is 0.413. The lowest BCUT2D eigenvalue weighted by molar-refractivity contribution is 0.0925. The van der Waals surface area contributed by atoms with Gasteiger partial charge in [-0.2, -0.15) is 5.10 Å². The van der Waals surface area contributed by atoms with Crippen molar-refractivity contribution in [3.63, 3.8) is 0 Å². The molecule has 3 rings (SSSR count). The molecule has 4 nitrogen and oxygen atoms in total. The van der Waals surface area contributed by atoms with Crippen molar-refractivity contribution >= 4 is 5.91 Å². The summed E-state index contributed by atoms with van der Waals surface area (Å²) in [5.41, 5.74) is 2.40. The second-order valence-corrected chi connectivity index (χ2v) is 5.48. The standard InChI is InChI=1S/C13H19N3O/c1-7-11(8(2)16-15-7)13(17)14-12(9-3-4-9)10-5-6-10/h9-10,12H,3-6H2,1-2H3,(H,14,17)(H,15,16). The van der Waals surface area contributed by atoms with E-state index in [1.165, 1.54) is 25.7 Å². The Morgan fingerprint density at radius 1 is 1.29 bits per heavy atom. The van der Waals surface area contributed by atoms with Crippen molar-refractivity contribution in [2.45, 2.75) is 45.6 Å². The lowest BCUT2D eigenvalue weighted by Crippen LogP contribution is -2.38. The maximum Gasteiger partial charge on any atom is 0.255 e. The van der Waals surface area contributed by atoms with Crippen LogP contribution in [0.25, 0.3) is 0 Å². The molecule has 0 spiro atoms. The molecule has 0 aliphatic heterocycles. The number of carbonyl (C=O) groups is 1. The lowest BCUT2D eigenvalue weighted by atomic mass is 10.1. The Labute approximate surface area is 101 Å². The first-order valence-electron chi connectivity index (χ1n) is 6.49. The van der Waals surface area contributed by atoms with Crippen molar-refractivity contribution < 1.29 is 4.79 Å². The Morgan fingerprint density at radius 2 is 1.88 bits per heavy atom. The Bertz CT molecular complexity index is 412. The monoisotopic (exact) mass is 233 g/mol. The lowest BCUT2D eigenvalue weighted by Gasteiger charge is -2.17. The molecule has 0 atom stereocenters. The van der Waals surface area contributed by atoms with Crippen molar-refractivity contribution in [1.29, 1.82) is 0 Å². The van der Waals surface area contributed by atoms with E-state index in [9.17, 15) is 4.79 Å². The zero-order valence-corrected chi connectivity index (χ0v) is 10.4. The number of aromatic amines is 1. The highest BCUT2D eigenvalue weighted by molar-refractivity contribution is 5.96. The molecule has 0 bridgehead atoms. The third-order valence-electron chi connectivity index (χ3n) is 3.91. The smallest absolute Gasteiger partial charge is 0.255 e. The maximum atomic E-state index is 12.3. The first-order valence-corrected chi connectivity index (χ1v) is 6.49. The molecular formula is C13H19N3O. The topological polar surface area (TPSA) is 57.8 Å². The third-order valence-corrected chi connectivity index (χ3v) is 3.91. The highest BCUT2D eigenvalue weighted by atomic mass is 16.1. The molecule has 2 aliphatic carbocycles. The van der Waals surface area contributed by atoms with Gasteiger partial charge in [-0.05, 0) is 51.4 Å². The van der Waals surface area contributed by atoms with Crippen LogP contribution in [-0.2, 0) is 0 Å².